The minimum atomic E-state index is 0.0283. The average Bonchev–Trinajstić information content (AvgIpc) is 2.47. The van der Waals surface area contributed by atoms with E-state index in [9.17, 15) is 4.79 Å². The van der Waals surface area contributed by atoms with Crippen LogP contribution < -0.4 is 10.6 Å². The van der Waals surface area contributed by atoms with Crippen LogP contribution in [0.2, 0.25) is 0 Å². The molecule has 0 aliphatic carbocycles. The Morgan fingerprint density at radius 1 is 1.58 bits per heavy atom. The van der Waals surface area contributed by atoms with E-state index < -0.39 is 0 Å². The molecule has 4 heteroatoms. The molecule has 1 aromatic heterocycles. The Morgan fingerprint density at radius 3 is 3.16 bits per heavy atom. The van der Waals surface area contributed by atoms with E-state index in [0.29, 0.717) is 12.5 Å². The van der Waals surface area contributed by atoms with Crippen molar-refractivity contribution >= 4 is 5.91 Å². The van der Waals surface area contributed by atoms with Crippen LogP contribution in [0, 0.1) is 0 Å². The van der Waals surface area contributed by atoms with Crippen molar-refractivity contribution in [1.82, 2.24) is 15.6 Å². The molecule has 19 heavy (non-hydrogen) atoms. The van der Waals surface area contributed by atoms with Crippen molar-refractivity contribution in [3.05, 3.63) is 30.1 Å². The zero-order valence-electron chi connectivity index (χ0n) is 11.6. The zero-order valence-corrected chi connectivity index (χ0v) is 11.6. The van der Waals surface area contributed by atoms with E-state index in [1.807, 2.05) is 19.1 Å². The molecule has 1 amide bonds. The molecule has 1 aliphatic rings. The van der Waals surface area contributed by atoms with Crippen molar-refractivity contribution in [3.63, 3.8) is 0 Å². The summed E-state index contributed by atoms with van der Waals surface area (Å²) in [5.74, 6) is 0.128. The van der Waals surface area contributed by atoms with E-state index in [1.54, 1.807) is 12.4 Å². The maximum Gasteiger partial charge on any atom is 0.220 e. The monoisotopic (exact) mass is 261 g/mol. The van der Waals surface area contributed by atoms with E-state index >= 15 is 0 Å². The number of piperidine rings is 1. The largest absolute Gasteiger partial charge is 0.350 e. The van der Waals surface area contributed by atoms with Gasteiger partial charge in [0.25, 0.3) is 0 Å². The van der Waals surface area contributed by atoms with Crippen LogP contribution in [-0.4, -0.2) is 23.5 Å². The molecule has 0 saturated carbocycles. The van der Waals surface area contributed by atoms with Gasteiger partial charge in [0.05, 0.1) is 6.04 Å². The van der Waals surface area contributed by atoms with Gasteiger partial charge >= 0.3 is 0 Å². The second kappa shape index (κ2) is 7.24. The quantitative estimate of drug-likeness (QED) is 0.854. The molecule has 4 nitrogen and oxygen atoms in total. The molecule has 104 valence electrons. The number of amides is 1. The predicted octanol–water partition coefficient (Wildman–Crippen LogP) is 2.18. The minimum absolute atomic E-state index is 0.0283. The molecule has 0 aromatic carbocycles. The maximum atomic E-state index is 11.9. The Kier molecular flexibility index (Phi) is 5.33. The lowest BCUT2D eigenvalue weighted by Gasteiger charge is -2.23. The summed E-state index contributed by atoms with van der Waals surface area (Å²) >= 11 is 0. The number of pyridine rings is 1. The SMILES string of the molecule is CC(NC(=O)CCC1CCCCN1)c1cccnc1. The fourth-order valence-corrected chi connectivity index (χ4v) is 2.50. The van der Waals surface area contributed by atoms with E-state index in [1.165, 1.54) is 19.3 Å². The first-order valence-electron chi connectivity index (χ1n) is 7.18. The van der Waals surface area contributed by atoms with Crippen molar-refractivity contribution in [1.29, 1.82) is 0 Å². The number of carbonyl (C=O) groups is 1. The van der Waals surface area contributed by atoms with E-state index in [2.05, 4.69) is 15.6 Å². The Morgan fingerprint density at radius 2 is 2.47 bits per heavy atom. The van der Waals surface area contributed by atoms with Gasteiger partial charge in [0, 0.05) is 24.9 Å². The molecular formula is C15H23N3O. The lowest BCUT2D eigenvalue weighted by molar-refractivity contribution is -0.122. The molecule has 2 heterocycles. The highest BCUT2D eigenvalue weighted by Gasteiger charge is 2.15. The lowest BCUT2D eigenvalue weighted by atomic mass is 10.0. The van der Waals surface area contributed by atoms with Crippen LogP contribution in [0.25, 0.3) is 0 Å². The lowest BCUT2D eigenvalue weighted by Crippen LogP contribution is -2.35. The molecule has 1 saturated heterocycles. The number of nitrogens with one attached hydrogen (secondary N) is 2. The first kappa shape index (κ1) is 14.0. The van der Waals surface area contributed by atoms with Crippen LogP contribution in [0.5, 0.6) is 0 Å². The zero-order chi connectivity index (χ0) is 13.5. The first-order valence-corrected chi connectivity index (χ1v) is 7.18. The number of carbonyl (C=O) groups excluding carboxylic acids is 1. The fourth-order valence-electron chi connectivity index (χ4n) is 2.50. The Balaban J connectivity index is 1.71. The second-order valence-corrected chi connectivity index (χ2v) is 5.26. The van der Waals surface area contributed by atoms with E-state index in [4.69, 9.17) is 0 Å². The highest BCUT2D eigenvalue weighted by Crippen LogP contribution is 2.13. The van der Waals surface area contributed by atoms with E-state index in [-0.39, 0.29) is 11.9 Å². The third-order valence-corrected chi connectivity index (χ3v) is 3.69. The molecule has 2 N–H and O–H groups in total. The molecule has 2 rings (SSSR count). The van der Waals surface area contributed by atoms with Gasteiger partial charge < -0.3 is 10.6 Å². The highest BCUT2D eigenvalue weighted by molar-refractivity contribution is 5.76. The summed E-state index contributed by atoms with van der Waals surface area (Å²) in [5.41, 5.74) is 1.05. The van der Waals surface area contributed by atoms with Gasteiger partial charge in [-0.05, 0) is 44.4 Å². The maximum absolute atomic E-state index is 11.9. The van der Waals surface area contributed by atoms with Gasteiger partial charge in [-0.3, -0.25) is 9.78 Å². The number of hydrogen-bond donors (Lipinski definition) is 2. The van der Waals surface area contributed by atoms with Gasteiger partial charge in [-0.25, -0.2) is 0 Å². The highest BCUT2D eigenvalue weighted by atomic mass is 16.1. The Labute approximate surface area is 115 Å². The molecule has 0 bridgehead atoms. The van der Waals surface area contributed by atoms with Crippen LogP contribution in [0.4, 0.5) is 0 Å². The number of nitrogens with zero attached hydrogens (tertiary/aromatic N) is 1. The van der Waals surface area contributed by atoms with Gasteiger partial charge in [0.2, 0.25) is 5.91 Å². The molecule has 1 aromatic rings. The molecule has 2 unspecified atom stereocenters. The van der Waals surface area contributed by atoms with Crippen LogP contribution in [-0.2, 0) is 4.79 Å². The van der Waals surface area contributed by atoms with Crippen molar-refractivity contribution in [3.8, 4) is 0 Å². The van der Waals surface area contributed by atoms with Gasteiger partial charge in [-0.1, -0.05) is 12.5 Å². The summed E-state index contributed by atoms with van der Waals surface area (Å²) in [4.78, 5) is 16.0. The third kappa shape index (κ3) is 4.63. The molecule has 1 fully saturated rings. The van der Waals surface area contributed by atoms with Crippen LogP contribution in [0.15, 0.2) is 24.5 Å². The fraction of sp³-hybridized carbons (Fsp3) is 0.600. The summed E-state index contributed by atoms with van der Waals surface area (Å²) in [6.07, 6.45) is 8.83. The van der Waals surface area contributed by atoms with Gasteiger partial charge in [0.1, 0.15) is 0 Å². The van der Waals surface area contributed by atoms with Crippen molar-refractivity contribution in [2.45, 2.75) is 51.1 Å². The van der Waals surface area contributed by atoms with Gasteiger partial charge in [-0.15, -0.1) is 0 Å². The minimum Gasteiger partial charge on any atom is -0.350 e. The normalized spacial score (nSPS) is 20.8. The first-order chi connectivity index (χ1) is 9.25. The van der Waals surface area contributed by atoms with Gasteiger partial charge in [0.15, 0.2) is 0 Å². The van der Waals surface area contributed by atoms with Crippen LogP contribution in [0.3, 0.4) is 0 Å². The summed E-state index contributed by atoms with van der Waals surface area (Å²) in [5, 5.41) is 6.50. The molecule has 0 spiro atoms. The molecule has 1 aliphatic heterocycles. The topological polar surface area (TPSA) is 54.0 Å². The summed E-state index contributed by atoms with van der Waals surface area (Å²) in [6.45, 7) is 3.09. The van der Waals surface area contributed by atoms with Gasteiger partial charge in [-0.2, -0.15) is 0 Å². The van der Waals surface area contributed by atoms with Crippen molar-refractivity contribution < 1.29 is 4.79 Å². The number of hydrogen-bond acceptors (Lipinski definition) is 3. The van der Waals surface area contributed by atoms with Crippen molar-refractivity contribution in [2.24, 2.45) is 0 Å². The summed E-state index contributed by atoms with van der Waals surface area (Å²) < 4.78 is 0. The molecule has 0 radical (unpaired) electrons. The molecule has 2 atom stereocenters. The summed E-state index contributed by atoms with van der Waals surface area (Å²) in [6, 6.07) is 4.43. The predicted molar refractivity (Wildman–Crippen MR) is 75.7 cm³/mol. The second-order valence-electron chi connectivity index (χ2n) is 5.26. The van der Waals surface area contributed by atoms with Crippen molar-refractivity contribution in [2.75, 3.05) is 6.54 Å². The number of rotatable bonds is 5. The average molecular weight is 261 g/mol. The Bertz CT molecular complexity index is 388. The standard InChI is InChI=1S/C15H23N3O/c1-12(13-5-4-9-16-11-13)18-15(19)8-7-14-6-2-3-10-17-14/h4-5,9,11-12,14,17H,2-3,6-8,10H2,1H3,(H,18,19). The summed E-state index contributed by atoms with van der Waals surface area (Å²) in [7, 11) is 0. The molecular weight excluding hydrogens is 238 g/mol. The Hall–Kier alpha value is -1.42. The van der Waals surface area contributed by atoms with E-state index in [0.717, 1.165) is 18.5 Å². The smallest absolute Gasteiger partial charge is 0.220 e. The number of aromatic nitrogens is 1. The van der Waals surface area contributed by atoms with Crippen LogP contribution >= 0.6 is 0 Å². The van der Waals surface area contributed by atoms with Crippen LogP contribution in [0.1, 0.15) is 50.6 Å². The third-order valence-electron chi connectivity index (χ3n) is 3.69.